The number of nitrogens with one attached hydrogen (secondary N) is 1. The Labute approximate surface area is 128 Å². The van der Waals surface area contributed by atoms with Gasteiger partial charge in [0.15, 0.2) is 0 Å². The normalized spacial score (nSPS) is 18.4. The van der Waals surface area contributed by atoms with Crippen LogP contribution >= 0.6 is 22.7 Å². The van der Waals surface area contributed by atoms with Crippen molar-refractivity contribution in [3.05, 3.63) is 31.9 Å². The summed E-state index contributed by atoms with van der Waals surface area (Å²) in [7, 11) is 0. The van der Waals surface area contributed by atoms with Crippen molar-refractivity contribution in [2.24, 2.45) is 0 Å². The quantitative estimate of drug-likeness (QED) is 0.917. The average Bonchev–Trinajstić information content (AvgIpc) is 3.06. The van der Waals surface area contributed by atoms with E-state index in [4.69, 9.17) is 0 Å². The van der Waals surface area contributed by atoms with Gasteiger partial charge in [-0.15, -0.1) is 32.9 Å². The summed E-state index contributed by atoms with van der Waals surface area (Å²) in [6.07, 6.45) is 4.73. The number of nitrogens with zero attached hydrogens (tertiary/aromatic N) is 2. The molecule has 0 aliphatic heterocycles. The van der Waals surface area contributed by atoms with E-state index in [1.165, 1.54) is 29.8 Å². The Morgan fingerprint density at radius 3 is 3.15 bits per heavy atom. The van der Waals surface area contributed by atoms with Crippen LogP contribution < -0.4 is 5.32 Å². The molecule has 1 aliphatic rings. The van der Waals surface area contributed by atoms with Crippen LogP contribution in [0.25, 0.3) is 0 Å². The predicted molar refractivity (Wildman–Crippen MR) is 85.9 cm³/mol. The van der Waals surface area contributed by atoms with E-state index in [0.717, 1.165) is 18.0 Å². The maximum atomic E-state index is 4.46. The molecule has 0 saturated heterocycles. The molecule has 2 aromatic rings. The monoisotopic (exact) mass is 307 g/mol. The molecule has 0 spiro atoms. The van der Waals surface area contributed by atoms with Crippen LogP contribution in [0.4, 0.5) is 0 Å². The highest BCUT2D eigenvalue weighted by molar-refractivity contribution is 7.11. The summed E-state index contributed by atoms with van der Waals surface area (Å²) in [5.74, 6) is 0.495. The molecular weight excluding hydrogens is 286 g/mol. The first-order valence-corrected chi connectivity index (χ1v) is 9.05. The summed E-state index contributed by atoms with van der Waals surface area (Å²) < 4.78 is 0. The van der Waals surface area contributed by atoms with E-state index in [2.05, 4.69) is 40.8 Å². The zero-order valence-electron chi connectivity index (χ0n) is 12.1. The van der Waals surface area contributed by atoms with Crippen LogP contribution in [-0.4, -0.2) is 22.8 Å². The Bertz CT molecular complexity index is 559. The molecule has 1 N–H and O–H groups in total. The van der Waals surface area contributed by atoms with E-state index in [9.17, 15) is 0 Å². The third-order valence-corrected chi connectivity index (χ3v) is 5.82. The predicted octanol–water partition coefficient (Wildman–Crippen LogP) is 3.61. The number of fused-ring (bicyclic) bond motifs is 1. The molecule has 0 fully saturated rings. The summed E-state index contributed by atoms with van der Waals surface area (Å²) in [4.78, 5) is 1.56. The van der Waals surface area contributed by atoms with Crippen molar-refractivity contribution in [2.45, 2.75) is 51.5 Å². The Morgan fingerprint density at radius 2 is 2.30 bits per heavy atom. The molecule has 0 amide bonds. The van der Waals surface area contributed by atoms with Crippen molar-refractivity contribution < 1.29 is 0 Å². The summed E-state index contributed by atoms with van der Waals surface area (Å²) in [5.41, 5.74) is 1.50. The van der Waals surface area contributed by atoms with Crippen molar-refractivity contribution >= 4 is 22.7 Å². The lowest BCUT2D eigenvalue weighted by Crippen LogP contribution is -2.24. The van der Waals surface area contributed by atoms with Gasteiger partial charge in [-0.2, -0.15) is 0 Å². The van der Waals surface area contributed by atoms with E-state index in [1.807, 2.05) is 11.3 Å². The standard InChI is InChI=1S/C15H21N3S2/c1-10(2)16-8-6-14-17-18-15(20-14)12-4-3-5-13-11(12)7-9-19-13/h7,9-10,12,16H,3-6,8H2,1-2H3. The van der Waals surface area contributed by atoms with E-state index in [-0.39, 0.29) is 0 Å². The number of hydrogen-bond donors (Lipinski definition) is 1. The molecule has 0 radical (unpaired) electrons. The number of hydrogen-bond acceptors (Lipinski definition) is 5. The lowest BCUT2D eigenvalue weighted by Gasteiger charge is -2.19. The van der Waals surface area contributed by atoms with Crippen molar-refractivity contribution in [3.8, 4) is 0 Å². The highest BCUT2D eigenvalue weighted by atomic mass is 32.1. The fourth-order valence-corrected chi connectivity index (χ4v) is 4.70. The van der Waals surface area contributed by atoms with Crippen LogP contribution in [-0.2, 0) is 12.8 Å². The second-order valence-electron chi connectivity index (χ2n) is 5.64. The number of thiophene rings is 1. The maximum Gasteiger partial charge on any atom is 0.124 e. The molecular formula is C15H21N3S2. The van der Waals surface area contributed by atoms with Crippen molar-refractivity contribution in [1.82, 2.24) is 15.5 Å². The van der Waals surface area contributed by atoms with Crippen LogP contribution in [0.15, 0.2) is 11.4 Å². The lowest BCUT2D eigenvalue weighted by molar-refractivity contribution is 0.588. The molecule has 108 valence electrons. The fraction of sp³-hybridized carbons (Fsp3) is 0.600. The minimum atomic E-state index is 0.495. The Kier molecular flexibility index (Phi) is 4.48. The third kappa shape index (κ3) is 3.10. The van der Waals surface area contributed by atoms with Gasteiger partial charge in [0, 0.05) is 29.8 Å². The summed E-state index contributed by atoms with van der Waals surface area (Å²) in [6.45, 7) is 5.33. The van der Waals surface area contributed by atoms with Crippen molar-refractivity contribution in [3.63, 3.8) is 0 Å². The summed E-state index contributed by atoms with van der Waals surface area (Å²) >= 11 is 3.69. The van der Waals surface area contributed by atoms with E-state index < -0.39 is 0 Å². The third-order valence-electron chi connectivity index (χ3n) is 3.72. The van der Waals surface area contributed by atoms with Gasteiger partial charge >= 0.3 is 0 Å². The molecule has 5 heteroatoms. The van der Waals surface area contributed by atoms with Gasteiger partial charge in [0.05, 0.1) is 0 Å². The molecule has 2 heterocycles. The highest BCUT2D eigenvalue weighted by Gasteiger charge is 2.25. The highest BCUT2D eigenvalue weighted by Crippen LogP contribution is 2.39. The SMILES string of the molecule is CC(C)NCCc1nnc(C2CCCc3sccc32)s1. The van der Waals surface area contributed by atoms with E-state index in [1.54, 1.807) is 16.2 Å². The zero-order valence-corrected chi connectivity index (χ0v) is 13.7. The lowest BCUT2D eigenvalue weighted by atomic mass is 9.88. The first-order chi connectivity index (χ1) is 9.74. The molecule has 0 bridgehead atoms. The van der Waals surface area contributed by atoms with Crippen LogP contribution in [0.2, 0.25) is 0 Å². The van der Waals surface area contributed by atoms with Gasteiger partial charge in [-0.05, 0) is 36.3 Å². The number of rotatable bonds is 5. The Morgan fingerprint density at radius 1 is 1.40 bits per heavy atom. The minimum absolute atomic E-state index is 0.495. The second-order valence-corrected chi connectivity index (χ2v) is 7.73. The summed E-state index contributed by atoms with van der Waals surface area (Å²) in [6, 6.07) is 2.82. The van der Waals surface area contributed by atoms with Gasteiger partial charge in [-0.25, -0.2) is 0 Å². The van der Waals surface area contributed by atoms with E-state index in [0.29, 0.717) is 12.0 Å². The van der Waals surface area contributed by atoms with E-state index >= 15 is 0 Å². The number of aryl methyl sites for hydroxylation is 1. The molecule has 1 aliphatic carbocycles. The first kappa shape index (κ1) is 14.2. The van der Waals surface area contributed by atoms with Crippen LogP contribution in [0, 0.1) is 0 Å². The molecule has 0 saturated carbocycles. The molecule has 3 rings (SSSR count). The molecule has 1 unspecified atom stereocenters. The number of aromatic nitrogens is 2. The molecule has 20 heavy (non-hydrogen) atoms. The Hall–Kier alpha value is -0.780. The fourth-order valence-electron chi connectivity index (χ4n) is 2.72. The Balaban J connectivity index is 1.69. The molecule has 0 aromatic carbocycles. The minimum Gasteiger partial charge on any atom is -0.314 e. The molecule has 3 nitrogen and oxygen atoms in total. The summed E-state index contributed by atoms with van der Waals surface area (Å²) in [5, 5.41) is 16.9. The topological polar surface area (TPSA) is 37.8 Å². The van der Waals surface area contributed by atoms with Crippen LogP contribution in [0.5, 0.6) is 0 Å². The van der Waals surface area contributed by atoms with Gasteiger partial charge < -0.3 is 5.32 Å². The van der Waals surface area contributed by atoms with Crippen molar-refractivity contribution in [1.29, 1.82) is 0 Å². The van der Waals surface area contributed by atoms with Gasteiger partial charge in [-0.3, -0.25) is 0 Å². The van der Waals surface area contributed by atoms with Crippen LogP contribution in [0.1, 0.15) is 53.1 Å². The average molecular weight is 307 g/mol. The smallest absolute Gasteiger partial charge is 0.124 e. The maximum absolute atomic E-state index is 4.46. The van der Waals surface area contributed by atoms with Crippen LogP contribution in [0.3, 0.4) is 0 Å². The van der Waals surface area contributed by atoms with Gasteiger partial charge in [0.1, 0.15) is 10.0 Å². The van der Waals surface area contributed by atoms with Gasteiger partial charge in [-0.1, -0.05) is 13.8 Å². The van der Waals surface area contributed by atoms with Crippen molar-refractivity contribution in [2.75, 3.05) is 6.54 Å². The second kappa shape index (κ2) is 6.33. The van der Waals surface area contributed by atoms with Gasteiger partial charge in [0.25, 0.3) is 0 Å². The zero-order chi connectivity index (χ0) is 13.9. The first-order valence-electron chi connectivity index (χ1n) is 7.36. The largest absolute Gasteiger partial charge is 0.314 e. The molecule has 1 atom stereocenters. The van der Waals surface area contributed by atoms with Gasteiger partial charge in [0.2, 0.25) is 0 Å². The molecule has 2 aromatic heterocycles.